The van der Waals surface area contributed by atoms with Gasteiger partial charge in [-0.1, -0.05) is 6.07 Å². The highest BCUT2D eigenvalue weighted by atomic mass is 16.2. The van der Waals surface area contributed by atoms with Crippen LogP contribution in [0.2, 0.25) is 0 Å². The van der Waals surface area contributed by atoms with E-state index in [1.807, 2.05) is 44.1 Å². The lowest BCUT2D eigenvalue weighted by Crippen LogP contribution is -2.31. The molecule has 0 unspecified atom stereocenters. The molecular weight excluding hydrogens is 282 g/mol. The average molecular weight is 303 g/mol. The summed E-state index contributed by atoms with van der Waals surface area (Å²) in [6.07, 6.45) is 0.536. The number of aromatic nitrogens is 3. The molecule has 0 atom stereocenters. The Morgan fingerprint density at radius 3 is 2.82 bits per heavy atom. The summed E-state index contributed by atoms with van der Waals surface area (Å²) >= 11 is 0. The first kappa shape index (κ1) is 15.6. The minimum absolute atomic E-state index is 0.204. The molecule has 0 aliphatic heterocycles. The van der Waals surface area contributed by atoms with Gasteiger partial charge in [-0.15, -0.1) is 5.10 Å². The van der Waals surface area contributed by atoms with Crippen molar-refractivity contribution in [1.29, 1.82) is 0 Å². The van der Waals surface area contributed by atoms with Crippen molar-refractivity contribution in [2.24, 2.45) is 0 Å². The van der Waals surface area contributed by atoms with Crippen molar-refractivity contribution in [3.8, 4) is 0 Å². The third-order valence-electron chi connectivity index (χ3n) is 3.18. The normalized spacial score (nSPS) is 10.3. The van der Waals surface area contributed by atoms with E-state index in [1.54, 1.807) is 0 Å². The molecule has 8 nitrogen and oxygen atoms in total. The number of urea groups is 1. The Morgan fingerprint density at radius 1 is 1.41 bits per heavy atom. The van der Waals surface area contributed by atoms with Crippen LogP contribution in [0.4, 0.5) is 22.1 Å². The predicted octanol–water partition coefficient (Wildman–Crippen LogP) is 1.13. The molecule has 0 bridgehead atoms. The van der Waals surface area contributed by atoms with Gasteiger partial charge in [0.2, 0.25) is 5.95 Å². The van der Waals surface area contributed by atoms with E-state index in [2.05, 4.69) is 25.8 Å². The Kier molecular flexibility index (Phi) is 4.82. The number of carbonyl (C=O) groups excluding carboxylic acids is 1. The number of hydrogen-bond donors (Lipinski definition) is 4. The number of aromatic amines is 1. The van der Waals surface area contributed by atoms with E-state index in [-0.39, 0.29) is 12.0 Å². The molecular formula is C14H21N7O. The summed E-state index contributed by atoms with van der Waals surface area (Å²) in [5.74, 6) is 0.846. The summed E-state index contributed by atoms with van der Waals surface area (Å²) in [6, 6.07) is 5.66. The lowest BCUT2D eigenvalue weighted by Gasteiger charge is -2.16. The van der Waals surface area contributed by atoms with Gasteiger partial charge < -0.3 is 21.3 Å². The van der Waals surface area contributed by atoms with E-state index in [0.29, 0.717) is 18.8 Å². The van der Waals surface area contributed by atoms with Gasteiger partial charge in [-0.05, 0) is 24.6 Å². The van der Waals surface area contributed by atoms with E-state index in [1.165, 1.54) is 0 Å². The van der Waals surface area contributed by atoms with E-state index in [9.17, 15) is 4.79 Å². The van der Waals surface area contributed by atoms with Gasteiger partial charge in [-0.2, -0.15) is 4.98 Å². The Morgan fingerprint density at radius 2 is 2.18 bits per heavy atom. The number of anilines is 3. The zero-order valence-electron chi connectivity index (χ0n) is 13.0. The van der Waals surface area contributed by atoms with Crippen molar-refractivity contribution < 1.29 is 4.79 Å². The Balaban J connectivity index is 1.87. The van der Waals surface area contributed by atoms with Gasteiger partial charge in [0.05, 0.1) is 0 Å². The number of rotatable bonds is 5. The number of benzene rings is 1. The van der Waals surface area contributed by atoms with Gasteiger partial charge in [0, 0.05) is 38.4 Å². The number of hydrogen-bond acceptors (Lipinski definition) is 5. The Bertz CT molecular complexity index is 650. The molecule has 0 radical (unpaired) electrons. The zero-order valence-corrected chi connectivity index (χ0v) is 13.0. The van der Waals surface area contributed by atoms with E-state index in [0.717, 1.165) is 16.9 Å². The second-order valence-electron chi connectivity index (χ2n) is 5.16. The quantitative estimate of drug-likeness (QED) is 0.661. The molecule has 118 valence electrons. The highest BCUT2D eigenvalue weighted by Crippen LogP contribution is 2.21. The molecule has 0 fully saturated rings. The second-order valence-corrected chi connectivity index (χ2v) is 5.16. The van der Waals surface area contributed by atoms with Crippen molar-refractivity contribution in [3.05, 3.63) is 29.6 Å². The smallest absolute Gasteiger partial charge is 0.319 e. The van der Waals surface area contributed by atoms with E-state index in [4.69, 9.17) is 5.73 Å². The minimum atomic E-state index is -0.258. The Labute approximate surface area is 129 Å². The fourth-order valence-corrected chi connectivity index (χ4v) is 1.91. The first-order valence-corrected chi connectivity index (χ1v) is 6.95. The van der Waals surface area contributed by atoms with Crippen molar-refractivity contribution >= 4 is 23.4 Å². The van der Waals surface area contributed by atoms with Crippen LogP contribution in [0.1, 0.15) is 11.4 Å². The van der Waals surface area contributed by atoms with Crippen LogP contribution in [0.5, 0.6) is 0 Å². The van der Waals surface area contributed by atoms with Crippen LogP contribution >= 0.6 is 0 Å². The van der Waals surface area contributed by atoms with Gasteiger partial charge in [-0.3, -0.25) is 5.10 Å². The number of amides is 2. The summed E-state index contributed by atoms with van der Waals surface area (Å²) in [6.45, 7) is 2.39. The zero-order chi connectivity index (χ0) is 16.1. The van der Waals surface area contributed by atoms with E-state index >= 15 is 0 Å². The molecule has 2 rings (SSSR count). The molecule has 1 heterocycles. The minimum Gasteiger partial charge on any atom is -0.378 e. The lowest BCUT2D eigenvalue weighted by molar-refractivity contribution is 0.252. The van der Waals surface area contributed by atoms with Crippen molar-refractivity contribution in [2.75, 3.05) is 36.6 Å². The number of nitrogen functional groups attached to an aromatic ring is 1. The number of aryl methyl sites for hydroxylation is 1. The van der Waals surface area contributed by atoms with Crippen LogP contribution in [0.25, 0.3) is 0 Å². The molecule has 2 amide bonds. The van der Waals surface area contributed by atoms with Crippen molar-refractivity contribution in [2.45, 2.75) is 13.3 Å². The monoisotopic (exact) mass is 303 g/mol. The van der Waals surface area contributed by atoms with Gasteiger partial charge in [0.15, 0.2) is 0 Å². The summed E-state index contributed by atoms with van der Waals surface area (Å²) in [5.41, 5.74) is 8.22. The Hall–Kier alpha value is -2.77. The van der Waals surface area contributed by atoms with Crippen LogP contribution in [0.15, 0.2) is 18.2 Å². The summed E-state index contributed by atoms with van der Waals surface area (Å²) in [5, 5.41) is 12.0. The maximum atomic E-state index is 11.9. The van der Waals surface area contributed by atoms with Gasteiger partial charge in [0.1, 0.15) is 5.82 Å². The topological polar surface area (TPSA) is 112 Å². The highest BCUT2D eigenvalue weighted by Gasteiger charge is 2.07. The fraction of sp³-hybridized carbons (Fsp3) is 0.357. The fourth-order valence-electron chi connectivity index (χ4n) is 1.91. The number of carbonyl (C=O) groups is 1. The van der Waals surface area contributed by atoms with Gasteiger partial charge >= 0.3 is 6.03 Å². The number of nitrogens with two attached hydrogens (primary N) is 1. The van der Waals surface area contributed by atoms with Crippen LogP contribution in [0, 0.1) is 6.92 Å². The van der Waals surface area contributed by atoms with Crippen molar-refractivity contribution in [1.82, 2.24) is 20.5 Å². The van der Waals surface area contributed by atoms with Crippen LogP contribution in [-0.4, -0.2) is 41.9 Å². The maximum absolute atomic E-state index is 11.9. The predicted molar refractivity (Wildman–Crippen MR) is 87.0 cm³/mol. The first-order chi connectivity index (χ1) is 10.5. The van der Waals surface area contributed by atoms with Gasteiger partial charge in [0.25, 0.3) is 0 Å². The summed E-state index contributed by atoms with van der Waals surface area (Å²) in [4.78, 5) is 17.9. The van der Waals surface area contributed by atoms with Crippen LogP contribution < -0.4 is 21.3 Å². The standard InChI is InChI=1S/C14H21N7O/c1-9-4-5-10(21(2)3)8-11(9)17-14(22)16-7-6-12-18-13(15)20-19-12/h4-5,8H,6-7H2,1-3H3,(H2,16,17,22)(H3,15,18,19,20). The molecule has 1 aromatic heterocycles. The molecule has 0 aliphatic carbocycles. The maximum Gasteiger partial charge on any atom is 0.319 e. The molecule has 22 heavy (non-hydrogen) atoms. The first-order valence-electron chi connectivity index (χ1n) is 6.95. The molecule has 0 saturated heterocycles. The number of nitrogens with one attached hydrogen (secondary N) is 3. The largest absolute Gasteiger partial charge is 0.378 e. The van der Waals surface area contributed by atoms with Crippen LogP contribution in [-0.2, 0) is 6.42 Å². The molecule has 8 heteroatoms. The van der Waals surface area contributed by atoms with Crippen molar-refractivity contribution in [3.63, 3.8) is 0 Å². The second kappa shape index (κ2) is 6.79. The molecule has 0 saturated carbocycles. The molecule has 5 N–H and O–H groups in total. The van der Waals surface area contributed by atoms with Crippen LogP contribution in [0.3, 0.4) is 0 Å². The number of H-pyrrole nitrogens is 1. The third-order valence-corrected chi connectivity index (χ3v) is 3.18. The molecule has 1 aromatic carbocycles. The number of nitrogens with zero attached hydrogens (tertiary/aromatic N) is 3. The highest BCUT2D eigenvalue weighted by molar-refractivity contribution is 5.90. The summed E-state index contributed by atoms with van der Waals surface area (Å²) < 4.78 is 0. The third kappa shape index (κ3) is 4.11. The van der Waals surface area contributed by atoms with Gasteiger partial charge in [-0.25, -0.2) is 4.79 Å². The van der Waals surface area contributed by atoms with E-state index < -0.39 is 0 Å². The molecule has 0 spiro atoms. The molecule has 2 aromatic rings. The summed E-state index contributed by atoms with van der Waals surface area (Å²) in [7, 11) is 3.91. The average Bonchev–Trinajstić information content (AvgIpc) is 2.86. The molecule has 0 aliphatic rings. The lowest BCUT2D eigenvalue weighted by atomic mass is 10.1. The SMILES string of the molecule is Cc1ccc(N(C)C)cc1NC(=O)NCCc1nc(N)n[nH]1.